The molecule has 0 unspecified atom stereocenters. The van der Waals surface area contributed by atoms with Crippen molar-refractivity contribution in [2.24, 2.45) is 0 Å². The summed E-state index contributed by atoms with van der Waals surface area (Å²) in [7, 11) is 0. The Labute approximate surface area is 125 Å². The molecule has 0 saturated heterocycles. The molecule has 0 aliphatic rings. The van der Waals surface area contributed by atoms with Crippen LogP contribution in [0.2, 0.25) is 0 Å². The quantitative estimate of drug-likeness (QED) is 0.897. The summed E-state index contributed by atoms with van der Waals surface area (Å²) in [5.74, 6) is 0. The number of aliphatic hydroxyl groups is 1. The number of hydrogen-bond acceptors (Lipinski definition) is 3. The van der Waals surface area contributed by atoms with Gasteiger partial charge in [-0.25, -0.2) is 0 Å². The van der Waals surface area contributed by atoms with Crippen molar-refractivity contribution < 1.29 is 5.11 Å². The Hall–Kier alpha value is -1.28. The molecular weight excluding hydrogens is 322 g/mol. The molecule has 0 radical (unpaired) electrons. The summed E-state index contributed by atoms with van der Waals surface area (Å²) in [5, 5.41) is 18.8. The van der Waals surface area contributed by atoms with Gasteiger partial charge in [-0.15, -0.1) is 0 Å². The van der Waals surface area contributed by atoms with Crippen LogP contribution in [0.5, 0.6) is 0 Å². The maximum absolute atomic E-state index is 9.80. The molecule has 2 nitrogen and oxygen atoms in total. The highest BCUT2D eigenvalue weighted by Crippen LogP contribution is 2.35. The zero-order chi connectivity index (χ0) is 13.8. The molecule has 96 valence electrons. The van der Waals surface area contributed by atoms with Gasteiger partial charge < -0.3 is 5.11 Å². The molecule has 2 aromatic carbocycles. The minimum atomic E-state index is -0.553. The van der Waals surface area contributed by atoms with Gasteiger partial charge >= 0.3 is 0 Å². The number of nitriles is 1. The van der Waals surface area contributed by atoms with E-state index in [2.05, 4.69) is 22.0 Å². The molecule has 0 amide bonds. The van der Waals surface area contributed by atoms with Crippen molar-refractivity contribution in [3.05, 3.63) is 58.1 Å². The molecule has 0 aliphatic carbocycles. The molecular formula is C15H12BrNOS. The van der Waals surface area contributed by atoms with E-state index in [9.17, 15) is 5.11 Å². The molecule has 0 fully saturated rings. The first-order valence-corrected chi connectivity index (χ1v) is 7.36. The number of hydrogen-bond donors (Lipinski definition) is 1. The Morgan fingerprint density at radius 2 is 2.05 bits per heavy atom. The lowest BCUT2D eigenvalue weighted by atomic mass is 10.1. The second-order valence-electron chi connectivity index (χ2n) is 4.10. The second-order valence-corrected chi connectivity index (χ2v) is 6.13. The van der Waals surface area contributed by atoms with Crippen LogP contribution in [0.25, 0.3) is 0 Å². The van der Waals surface area contributed by atoms with Crippen LogP contribution < -0.4 is 0 Å². The van der Waals surface area contributed by atoms with Crippen molar-refractivity contribution in [3.63, 3.8) is 0 Å². The minimum absolute atomic E-state index is 0.553. The molecule has 4 heteroatoms. The Balaban J connectivity index is 2.40. The second kappa shape index (κ2) is 6.25. The highest BCUT2D eigenvalue weighted by atomic mass is 79.9. The van der Waals surface area contributed by atoms with E-state index >= 15 is 0 Å². The molecule has 2 rings (SSSR count). The van der Waals surface area contributed by atoms with Crippen molar-refractivity contribution in [3.8, 4) is 6.07 Å². The standard InChI is InChI=1S/C15H12BrNOS/c1-10(18)14-6-5-11(9-17)7-15(14)19-13-4-2-3-12(16)8-13/h2-8,10,18H,1H3/t10-/m0/s1. The number of halogens is 1. The van der Waals surface area contributed by atoms with Crippen molar-refractivity contribution in [2.75, 3.05) is 0 Å². The van der Waals surface area contributed by atoms with Crippen molar-refractivity contribution in [2.45, 2.75) is 22.8 Å². The van der Waals surface area contributed by atoms with Gasteiger partial charge in [-0.05, 0) is 42.8 Å². The highest BCUT2D eigenvalue weighted by Gasteiger charge is 2.10. The van der Waals surface area contributed by atoms with Gasteiger partial charge in [0, 0.05) is 14.3 Å². The number of nitrogens with zero attached hydrogens (tertiary/aromatic N) is 1. The average Bonchev–Trinajstić information content (AvgIpc) is 2.38. The largest absolute Gasteiger partial charge is 0.389 e. The lowest BCUT2D eigenvalue weighted by Crippen LogP contribution is -1.94. The van der Waals surface area contributed by atoms with E-state index in [0.29, 0.717) is 5.56 Å². The van der Waals surface area contributed by atoms with E-state index in [0.717, 1.165) is 19.8 Å². The van der Waals surface area contributed by atoms with Gasteiger partial charge in [0.25, 0.3) is 0 Å². The normalized spacial score (nSPS) is 11.9. The maximum atomic E-state index is 9.80. The summed E-state index contributed by atoms with van der Waals surface area (Å²) in [6.45, 7) is 1.73. The lowest BCUT2D eigenvalue weighted by molar-refractivity contribution is 0.196. The van der Waals surface area contributed by atoms with Crippen LogP contribution in [0, 0.1) is 11.3 Å². The smallest absolute Gasteiger partial charge is 0.0992 e. The Morgan fingerprint density at radius 3 is 2.68 bits per heavy atom. The fourth-order valence-corrected chi connectivity index (χ4v) is 3.37. The molecule has 0 aromatic heterocycles. The monoisotopic (exact) mass is 333 g/mol. The van der Waals surface area contributed by atoms with E-state index in [1.54, 1.807) is 24.8 Å². The molecule has 0 aliphatic heterocycles. The first-order valence-electron chi connectivity index (χ1n) is 5.75. The summed E-state index contributed by atoms with van der Waals surface area (Å²) < 4.78 is 1.01. The third kappa shape index (κ3) is 3.60. The van der Waals surface area contributed by atoms with Gasteiger partial charge in [0.1, 0.15) is 0 Å². The van der Waals surface area contributed by atoms with E-state index in [1.165, 1.54) is 0 Å². The van der Waals surface area contributed by atoms with Gasteiger partial charge in [-0.2, -0.15) is 5.26 Å². The summed E-state index contributed by atoms with van der Waals surface area (Å²) in [4.78, 5) is 1.97. The summed E-state index contributed by atoms with van der Waals surface area (Å²) in [6.07, 6.45) is -0.553. The van der Waals surface area contributed by atoms with E-state index < -0.39 is 6.10 Å². The van der Waals surface area contributed by atoms with Crippen molar-refractivity contribution >= 4 is 27.7 Å². The SMILES string of the molecule is C[C@H](O)c1ccc(C#N)cc1Sc1cccc(Br)c1. The van der Waals surface area contributed by atoms with Crippen LogP contribution in [-0.4, -0.2) is 5.11 Å². The zero-order valence-electron chi connectivity index (χ0n) is 10.3. The Bertz CT molecular complexity index is 634. The summed E-state index contributed by atoms with van der Waals surface area (Å²) in [6, 6.07) is 15.4. The van der Waals surface area contributed by atoms with Gasteiger partial charge in [-0.3, -0.25) is 0 Å². The predicted molar refractivity (Wildman–Crippen MR) is 80.1 cm³/mol. The average molecular weight is 334 g/mol. The Kier molecular flexibility index (Phi) is 4.65. The van der Waals surface area contributed by atoms with Crippen molar-refractivity contribution in [1.29, 1.82) is 5.26 Å². The van der Waals surface area contributed by atoms with E-state index in [4.69, 9.17) is 5.26 Å². The van der Waals surface area contributed by atoms with Crippen LogP contribution in [0.3, 0.4) is 0 Å². The van der Waals surface area contributed by atoms with Gasteiger partial charge in [-0.1, -0.05) is 39.8 Å². The molecule has 2 aromatic rings. The molecule has 19 heavy (non-hydrogen) atoms. The van der Waals surface area contributed by atoms with Gasteiger partial charge in [0.05, 0.1) is 17.7 Å². The lowest BCUT2D eigenvalue weighted by Gasteiger charge is -2.12. The molecule has 0 heterocycles. The predicted octanol–water partition coefficient (Wildman–Crippen LogP) is 4.53. The van der Waals surface area contributed by atoms with Crippen LogP contribution in [0.1, 0.15) is 24.2 Å². The van der Waals surface area contributed by atoms with E-state index in [-0.39, 0.29) is 0 Å². The first kappa shape index (κ1) is 14.1. The fraction of sp³-hybridized carbons (Fsp3) is 0.133. The third-order valence-corrected chi connectivity index (χ3v) is 4.17. The molecule has 1 atom stereocenters. The fourth-order valence-electron chi connectivity index (χ4n) is 1.69. The van der Waals surface area contributed by atoms with E-state index in [1.807, 2.05) is 36.4 Å². The first-order chi connectivity index (χ1) is 9.10. The van der Waals surface area contributed by atoms with Crippen molar-refractivity contribution in [1.82, 2.24) is 0 Å². The highest BCUT2D eigenvalue weighted by molar-refractivity contribution is 9.10. The summed E-state index contributed by atoms with van der Waals surface area (Å²) in [5.41, 5.74) is 1.44. The third-order valence-electron chi connectivity index (χ3n) is 2.62. The van der Waals surface area contributed by atoms with Gasteiger partial charge in [0.2, 0.25) is 0 Å². The maximum Gasteiger partial charge on any atom is 0.0992 e. The van der Waals surface area contributed by atoms with Crippen LogP contribution in [0.15, 0.2) is 56.7 Å². The van der Waals surface area contributed by atoms with Gasteiger partial charge in [0.15, 0.2) is 0 Å². The Morgan fingerprint density at radius 1 is 1.26 bits per heavy atom. The van der Waals surface area contributed by atoms with Crippen LogP contribution in [-0.2, 0) is 0 Å². The number of rotatable bonds is 3. The molecule has 0 saturated carbocycles. The van der Waals surface area contributed by atoms with Crippen LogP contribution >= 0.6 is 27.7 Å². The number of benzene rings is 2. The number of aliphatic hydroxyl groups excluding tert-OH is 1. The molecule has 1 N–H and O–H groups in total. The summed E-state index contributed by atoms with van der Waals surface area (Å²) >= 11 is 4.98. The zero-order valence-corrected chi connectivity index (χ0v) is 12.7. The topological polar surface area (TPSA) is 44.0 Å². The van der Waals surface area contributed by atoms with Crippen LogP contribution in [0.4, 0.5) is 0 Å². The molecule has 0 spiro atoms. The minimum Gasteiger partial charge on any atom is -0.389 e. The molecule has 0 bridgehead atoms.